The lowest BCUT2D eigenvalue weighted by Gasteiger charge is -2.19. The summed E-state index contributed by atoms with van der Waals surface area (Å²) in [7, 11) is 0. The van der Waals surface area contributed by atoms with Crippen LogP contribution in [0.1, 0.15) is 38.3 Å². The van der Waals surface area contributed by atoms with Crippen LogP contribution >= 0.6 is 0 Å². The molecule has 1 aromatic rings. The molecular formula is C14H21N. The maximum Gasteiger partial charge on any atom is 0.0132 e. The van der Waals surface area contributed by atoms with Gasteiger partial charge in [0.05, 0.1) is 0 Å². The monoisotopic (exact) mass is 203 g/mol. The number of nitrogens with two attached hydrogens (primary N) is 1. The highest BCUT2D eigenvalue weighted by Gasteiger charge is 2.60. The Hall–Kier alpha value is -0.820. The van der Waals surface area contributed by atoms with Crippen LogP contribution in [0, 0.1) is 5.41 Å². The fraction of sp³-hybridized carbons (Fsp3) is 0.571. The van der Waals surface area contributed by atoms with E-state index in [0.717, 1.165) is 13.0 Å². The van der Waals surface area contributed by atoms with E-state index in [9.17, 15) is 0 Å². The maximum absolute atomic E-state index is 5.97. The molecule has 0 amide bonds. The van der Waals surface area contributed by atoms with Crippen molar-refractivity contribution in [2.75, 3.05) is 6.54 Å². The minimum absolute atomic E-state index is 0.248. The number of hydrogen-bond acceptors (Lipinski definition) is 1. The number of hydrogen-bond donors (Lipinski definition) is 1. The highest BCUT2D eigenvalue weighted by atomic mass is 14.7. The molecule has 1 atom stereocenters. The molecule has 82 valence electrons. The van der Waals surface area contributed by atoms with Crippen molar-refractivity contribution in [2.45, 2.75) is 39.0 Å². The van der Waals surface area contributed by atoms with Gasteiger partial charge in [-0.15, -0.1) is 0 Å². The van der Waals surface area contributed by atoms with Crippen LogP contribution in [0.25, 0.3) is 0 Å². The second kappa shape index (κ2) is 3.34. The first kappa shape index (κ1) is 10.7. The second-order valence-electron chi connectivity index (χ2n) is 5.40. The summed E-state index contributed by atoms with van der Waals surface area (Å²) in [5.74, 6) is 0. The number of rotatable bonds is 3. The summed E-state index contributed by atoms with van der Waals surface area (Å²) in [5, 5.41) is 0. The predicted molar refractivity (Wildman–Crippen MR) is 65.0 cm³/mol. The van der Waals surface area contributed by atoms with Gasteiger partial charge in [0.15, 0.2) is 0 Å². The molecule has 1 aliphatic rings. The fourth-order valence-corrected chi connectivity index (χ4v) is 2.76. The largest absolute Gasteiger partial charge is 0.330 e. The van der Waals surface area contributed by atoms with Gasteiger partial charge < -0.3 is 5.73 Å². The van der Waals surface area contributed by atoms with Crippen LogP contribution < -0.4 is 5.73 Å². The summed E-state index contributed by atoms with van der Waals surface area (Å²) < 4.78 is 0. The average molecular weight is 203 g/mol. The molecule has 0 spiro atoms. The summed E-state index contributed by atoms with van der Waals surface area (Å²) in [4.78, 5) is 0. The zero-order chi connectivity index (χ0) is 11.1. The van der Waals surface area contributed by atoms with Crippen LogP contribution in [0.3, 0.4) is 0 Å². The Kier molecular flexibility index (Phi) is 2.38. The van der Waals surface area contributed by atoms with Gasteiger partial charge in [0, 0.05) is 12.0 Å². The molecule has 1 heteroatoms. The lowest BCUT2D eigenvalue weighted by molar-refractivity contribution is 0.502. The molecular weight excluding hydrogens is 182 g/mol. The van der Waals surface area contributed by atoms with Crippen LogP contribution in [0.4, 0.5) is 0 Å². The maximum atomic E-state index is 5.97. The van der Waals surface area contributed by atoms with E-state index in [1.54, 1.807) is 0 Å². The molecule has 0 bridgehead atoms. The molecule has 2 rings (SSSR count). The molecule has 0 aromatic heterocycles. The zero-order valence-electron chi connectivity index (χ0n) is 10.0. The van der Waals surface area contributed by atoms with Crippen LogP contribution in [0.5, 0.6) is 0 Å². The van der Waals surface area contributed by atoms with Gasteiger partial charge in [-0.1, -0.05) is 45.0 Å². The third kappa shape index (κ3) is 1.50. The Balaban J connectivity index is 2.37. The van der Waals surface area contributed by atoms with Gasteiger partial charge in [0.25, 0.3) is 0 Å². The second-order valence-corrected chi connectivity index (χ2v) is 5.40. The van der Waals surface area contributed by atoms with Gasteiger partial charge in [-0.3, -0.25) is 0 Å². The van der Waals surface area contributed by atoms with Crippen LogP contribution in [-0.2, 0) is 11.8 Å². The molecule has 1 aromatic carbocycles. The molecule has 1 aliphatic carbocycles. The molecule has 1 saturated carbocycles. The minimum Gasteiger partial charge on any atom is -0.330 e. The lowest BCUT2D eigenvalue weighted by Crippen LogP contribution is -2.25. The predicted octanol–water partition coefficient (Wildman–Crippen LogP) is 2.88. The molecule has 1 nitrogen and oxygen atoms in total. The smallest absolute Gasteiger partial charge is 0.0132 e. The SMILES string of the molecule is CCc1cccc(C2(CN)CC2(C)C)c1. The normalized spacial score (nSPS) is 27.7. The molecule has 0 radical (unpaired) electrons. The summed E-state index contributed by atoms with van der Waals surface area (Å²) in [5.41, 5.74) is 9.46. The van der Waals surface area contributed by atoms with E-state index >= 15 is 0 Å². The molecule has 2 N–H and O–H groups in total. The van der Waals surface area contributed by atoms with Crippen molar-refractivity contribution in [3.8, 4) is 0 Å². The molecule has 0 heterocycles. The first-order valence-corrected chi connectivity index (χ1v) is 5.85. The van der Waals surface area contributed by atoms with Gasteiger partial charge in [0.2, 0.25) is 0 Å². The highest BCUT2D eigenvalue weighted by Crippen LogP contribution is 2.63. The van der Waals surface area contributed by atoms with Gasteiger partial charge in [-0.25, -0.2) is 0 Å². The molecule has 0 saturated heterocycles. The third-order valence-electron chi connectivity index (χ3n) is 4.15. The van der Waals surface area contributed by atoms with Crippen LogP contribution in [-0.4, -0.2) is 6.54 Å². The van der Waals surface area contributed by atoms with Gasteiger partial charge >= 0.3 is 0 Å². The van der Waals surface area contributed by atoms with Gasteiger partial charge in [-0.05, 0) is 29.4 Å². The average Bonchev–Trinajstić information content (AvgIpc) is 2.82. The van der Waals surface area contributed by atoms with Crippen molar-refractivity contribution in [1.82, 2.24) is 0 Å². The summed E-state index contributed by atoms with van der Waals surface area (Å²) >= 11 is 0. The Morgan fingerprint density at radius 3 is 2.47 bits per heavy atom. The highest BCUT2D eigenvalue weighted by molar-refractivity contribution is 5.39. The fourth-order valence-electron chi connectivity index (χ4n) is 2.76. The Labute approximate surface area is 92.7 Å². The molecule has 1 unspecified atom stereocenters. The Morgan fingerprint density at radius 1 is 1.33 bits per heavy atom. The van der Waals surface area contributed by atoms with E-state index in [2.05, 4.69) is 45.0 Å². The van der Waals surface area contributed by atoms with Gasteiger partial charge in [0.1, 0.15) is 0 Å². The summed E-state index contributed by atoms with van der Waals surface area (Å²) in [6.07, 6.45) is 2.33. The molecule has 1 fully saturated rings. The third-order valence-corrected chi connectivity index (χ3v) is 4.15. The minimum atomic E-state index is 0.248. The summed E-state index contributed by atoms with van der Waals surface area (Å²) in [6, 6.07) is 8.94. The first-order chi connectivity index (χ1) is 7.05. The number of aryl methyl sites for hydroxylation is 1. The molecule has 0 aliphatic heterocycles. The number of benzene rings is 1. The van der Waals surface area contributed by atoms with Crippen molar-refractivity contribution in [3.05, 3.63) is 35.4 Å². The van der Waals surface area contributed by atoms with E-state index < -0.39 is 0 Å². The van der Waals surface area contributed by atoms with Gasteiger partial charge in [-0.2, -0.15) is 0 Å². The van der Waals surface area contributed by atoms with E-state index in [1.807, 2.05) is 0 Å². The lowest BCUT2D eigenvalue weighted by atomic mass is 9.87. The van der Waals surface area contributed by atoms with E-state index in [1.165, 1.54) is 17.5 Å². The zero-order valence-corrected chi connectivity index (χ0v) is 10.0. The van der Waals surface area contributed by atoms with E-state index in [4.69, 9.17) is 5.73 Å². The van der Waals surface area contributed by atoms with E-state index in [-0.39, 0.29) is 5.41 Å². The van der Waals surface area contributed by atoms with Crippen molar-refractivity contribution in [2.24, 2.45) is 11.1 Å². The Morgan fingerprint density at radius 2 is 2.00 bits per heavy atom. The van der Waals surface area contributed by atoms with Crippen molar-refractivity contribution < 1.29 is 0 Å². The van der Waals surface area contributed by atoms with Crippen molar-refractivity contribution in [3.63, 3.8) is 0 Å². The van der Waals surface area contributed by atoms with E-state index in [0.29, 0.717) is 5.41 Å². The van der Waals surface area contributed by atoms with Crippen molar-refractivity contribution >= 4 is 0 Å². The summed E-state index contributed by atoms with van der Waals surface area (Å²) in [6.45, 7) is 7.61. The topological polar surface area (TPSA) is 26.0 Å². The van der Waals surface area contributed by atoms with Crippen LogP contribution in [0.15, 0.2) is 24.3 Å². The molecule has 15 heavy (non-hydrogen) atoms. The quantitative estimate of drug-likeness (QED) is 0.803. The first-order valence-electron chi connectivity index (χ1n) is 5.85. The van der Waals surface area contributed by atoms with Crippen molar-refractivity contribution in [1.29, 1.82) is 0 Å². The Bertz CT molecular complexity index is 367. The standard InChI is InChI=1S/C14H21N/c1-4-11-6-5-7-12(8-11)14(10-15)9-13(14,2)3/h5-8H,4,9-10,15H2,1-3H3. The van der Waals surface area contributed by atoms with Crippen LogP contribution in [0.2, 0.25) is 0 Å².